The summed E-state index contributed by atoms with van der Waals surface area (Å²) in [5.74, 6) is 1.84. The molecule has 90 valence electrons. The first-order valence-corrected chi connectivity index (χ1v) is 6.94. The average molecular weight is 238 g/mol. The van der Waals surface area contributed by atoms with Crippen LogP contribution in [0.2, 0.25) is 0 Å². The van der Waals surface area contributed by atoms with E-state index in [2.05, 4.69) is 50.1 Å². The van der Waals surface area contributed by atoms with E-state index in [1.807, 2.05) is 18.0 Å². The maximum atomic E-state index is 4.39. The molecule has 16 heavy (non-hydrogen) atoms. The number of nitrogens with one attached hydrogen (secondary N) is 1. The summed E-state index contributed by atoms with van der Waals surface area (Å²) < 4.78 is 0. The van der Waals surface area contributed by atoms with E-state index in [1.165, 1.54) is 5.56 Å². The molecule has 0 aliphatic heterocycles. The molecule has 3 heteroatoms. The van der Waals surface area contributed by atoms with Crippen LogP contribution in [0.4, 0.5) is 0 Å². The standard InChI is InChI=1S/C13H22N2S/c1-5-14-11(4)12-6-7-15-13(8-12)16-9-10(2)3/h6-8,10-11,14H,5,9H2,1-4H3. The fourth-order valence-electron chi connectivity index (χ4n) is 1.45. The number of rotatable bonds is 6. The maximum Gasteiger partial charge on any atom is 0.0963 e. The Bertz CT molecular complexity index is 313. The van der Waals surface area contributed by atoms with Crippen LogP contribution in [0, 0.1) is 5.92 Å². The van der Waals surface area contributed by atoms with Gasteiger partial charge in [-0.25, -0.2) is 4.98 Å². The third-order valence-corrected chi connectivity index (χ3v) is 3.69. The summed E-state index contributed by atoms with van der Waals surface area (Å²) in [7, 11) is 0. The highest BCUT2D eigenvalue weighted by atomic mass is 32.2. The highest BCUT2D eigenvalue weighted by molar-refractivity contribution is 7.99. The number of pyridine rings is 1. The van der Waals surface area contributed by atoms with E-state index in [9.17, 15) is 0 Å². The van der Waals surface area contributed by atoms with E-state index < -0.39 is 0 Å². The molecule has 0 saturated heterocycles. The normalized spacial score (nSPS) is 13.1. The molecule has 1 N–H and O–H groups in total. The van der Waals surface area contributed by atoms with Crippen molar-refractivity contribution < 1.29 is 0 Å². The summed E-state index contributed by atoms with van der Waals surface area (Å²) in [6.07, 6.45) is 1.91. The molecule has 0 aliphatic rings. The van der Waals surface area contributed by atoms with Gasteiger partial charge < -0.3 is 5.32 Å². The van der Waals surface area contributed by atoms with Crippen molar-refractivity contribution in [3.8, 4) is 0 Å². The third kappa shape index (κ3) is 4.54. The Labute approximate surface area is 103 Å². The fraction of sp³-hybridized carbons (Fsp3) is 0.615. The van der Waals surface area contributed by atoms with Crippen LogP contribution in [0.25, 0.3) is 0 Å². The van der Waals surface area contributed by atoms with Crippen LogP contribution in [-0.2, 0) is 0 Å². The van der Waals surface area contributed by atoms with Gasteiger partial charge in [-0.1, -0.05) is 20.8 Å². The van der Waals surface area contributed by atoms with E-state index in [0.717, 1.165) is 17.3 Å². The lowest BCUT2D eigenvalue weighted by Gasteiger charge is -2.13. The summed E-state index contributed by atoms with van der Waals surface area (Å²) in [5.41, 5.74) is 1.32. The summed E-state index contributed by atoms with van der Waals surface area (Å²) in [4.78, 5) is 4.39. The van der Waals surface area contributed by atoms with Crippen molar-refractivity contribution in [2.45, 2.75) is 38.8 Å². The second-order valence-electron chi connectivity index (χ2n) is 4.41. The van der Waals surface area contributed by atoms with Gasteiger partial charge in [-0.05, 0) is 37.1 Å². The van der Waals surface area contributed by atoms with Gasteiger partial charge in [-0.15, -0.1) is 11.8 Å². The van der Waals surface area contributed by atoms with Gasteiger partial charge in [0.15, 0.2) is 0 Å². The van der Waals surface area contributed by atoms with Gasteiger partial charge in [-0.2, -0.15) is 0 Å². The highest BCUT2D eigenvalue weighted by Crippen LogP contribution is 2.21. The summed E-state index contributed by atoms with van der Waals surface area (Å²) in [6, 6.07) is 4.69. The van der Waals surface area contributed by atoms with E-state index >= 15 is 0 Å². The van der Waals surface area contributed by atoms with Gasteiger partial charge in [0, 0.05) is 18.0 Å². The minimum Gasteiger partial charge on any atom is -0.310 e. The Hall–Kier alpha value is -0.540. The lowest BCUT2D eigenvalue weighted by atomic mass is 10.1. The molecule has 0 saturated carbocycles. The van der Waals surface area contributed by atoms with Crippen LogP contribution in [0.5, 0.6) is 0 Å². The first-order valence-electron chi connectivity index (χ1n) is 5.95. The maximum absolute atomic E-state index is 4.39. The predicted octanol–water partition coefficient (Wildman–Crippen LogP) is 3.50. The van der Waals surface area contributed by atoms with Crippen molar-refractivity contribution in [1.29, 1.82) is 0 Å². The summed E-state index contributed by atoms with van der Waals surface area (Å²) in [5, 5.41) is 4.55. The molecule has 0 amide bonds. The van der Waals surface area contributed by atoms with Crippen LogP contribution in [0.1, 0.15) is 39.3 Å². The van der Waals surface area contributed by atoms with Crippen molar-refractivity contribution in [2.75, 3.05) is 12.3 Å². The van der Waals surface area contributed by atoms with Crippen molar-refractivity contribution in [1.82, 2.24) is 10.3 Å². The average Bonchev–Trinajstić information content (AvgIpc) is 2.27. The minimum atomic E-state index is 0.409. The second kappa shape index (κ2) is 6.92. The molecule has 0 fully saturated rings. The molecule has 1 aromatic heterocycles. The molecule has 1 atom stereocenters. The Balaban J connectivity index is 2.63. The monoisotopic (exact) mass is 238 g/mol. The smallest absolute Gasteiger partial charge is 0.0963 e. The molecule has 1 unspecified atom stereocenters. The molecular formula is C13H22N2S. The molecule has 0 bridgehead atoms. The lowest BCUT2D eigenvalue weighted by Crippen LogP contribution is -2.17. The molecule has 0 radical (unpaired) electrons. The highest BCUT2D eigenvalue weighted by Gasteiger charge is 2.05. The van der Waals surface area contributed by atoms with Gasteiger partial charge in [0.25, 0.3) is 0 Å². The minimum absolute atomic E-state index is 0.409. The first kappa shape index (κ1) is 13.5. The van der Waals surface area contributed by atoms with E-state index in [1.54, 1.807) is 0 Å². The number of thioether (sulfide) groups is 1. The zero-order chi connectivity index (χ0) is 12.0. The molecule has 0 aliphatic carbocycles. The van der Waals surface area contributed by atoms with Crippen molar-refractivity contribution in [3.05, 3.63) is 23.9 Å². The van der Waals surface area contributed by atoms with E-state index in [4.69, 9.17) is 0 Å². The van der Waals surface area contributed by atoms with Crippen LogP contribution >= 0.6 is 11.8 Å². The topological polar surface area (TPSA) is 24.9 Å². The molecule has 1 aromatic rings. The van der Waals surface area contributed by atoms with Gasteiger partial charge in [-0.3, -0.25) is 0 Å². The van der Waals surface area contributed by atoms with Gasteiger partial charge >= 0.3 is 0 Å². The quantitative estimate of drug-likeness (QED) is 0.768. The summed E-state index contributed by atoms with van der Waals surface area (Å²) >= 11 is 1.84. The Morgan fingerprint density at radius 3 is 2.75 bits per heavy atom. The van der Waals surface area contributed by atoms with Gasteiger partial charge in [0.2, 0.25) is 0 Å². The Morgan fingerprint density at radius 1 is 1.38 bits per heavy atom. The van der Waals surface area contributed by atoms with Crippen molar-refractivity contribution in [2.24, 2.45) is 5.92 Å². The van der Waals surface area contributed by atoms with E-state index in [-0.39, 0.29) is 0 Å². The van der Waals surface area contributed by atoms with Crippen LogP contribution < -0.4 is 5.32 Å². The summed E-state index contributed by atoms with van der Waals surface area (Å²) in [6.45, 7) is 9.79. The van der Waals surface area contributed by atoms with Crippen molar-refractivity contribution in [3.63, 3.8) is 0 Å². The molecule has 2 nitrogen and oxygen atoms in total. The number of hydrogen-bond acceptors (Lipinski definition) is 3. The lowest BCUT2D eigenvalue weighted by molar-refractivity contribution is 0.596. The molecule has 1 rings (SSSR count). The molecular weight excluding hydrogens is 216 g/mol. The zero-order valence-electron chi connectivity index (χ0n) is 10.7. The van der Waals surface area contributed by atoms with Crippen molar-refractivity contribution >= 4 is 11.8 Å². The van der Waals surface area contributed by atoms with Gasteiger partial charge in [0.1, 0.15) is 0 Å². The largest absolute Gasteiger partial charge is 0.310 e. The number of aromatic nitrogens is 1. The molecule has 0 aromatic carbocycles. The van der Waals surface area contributed by atoms with E-state index in [0.29, 0.717) is 12.0 Å². The third-order valence-electron chi connectivity index (χ3n) is 2.33. The van der Waals surface area contributed by atoms with Crippen LogP contribution in [0.15, 0.2) is 23.4 Å². The fourth-order valence-corrected chi connectivity index (χ4v) is 2.31. The first-order chi connectivity index (χ1) is 7.63. The van der Waals surface area contributed by atoms with Crippen LogP contribution in [-0.4, -0.2) is 17.3 Å². The van der Waals surface area contributed by atoms with Crippen LogP contribution in [0.3, 0.4) is 0 Å². The number of hydrogen-bond donors (Lipinski definition) is 1. The SMILES string of the molecule is CCNC(C)c1ccnc(SCC(C)C)c1. The second-order valence-corrected chi connectivity index (χ2v) is 5.45. The Morgan fingerprint density at radius 2 is 2.12 bits per heavy atom. The molecule has 0 spiro atoms. The van der Waals surface area contributed by atoms with Gasteiger partial charge in [0.05, 0.1) is 5.03 Å². The predicted molar refractivity (Wildman–Crippen MR) is 71.9 cm³/mol. The number of nitrogens with zero attached hydrogens (tertiary/aromatic N) is 1. The molecule has 1 heterocycles. The Kier molecular flexibility index (Phi) is 5.85. The zero-order valence-corrected chi connectivity index (χ0v) is 11.5.